The van der Waals surface area contributed by atoms with Crippen LogP contribution in [0.1, 0.15) is 33.1 Å². The highest BCUT2D eigenvalue weighted by molar-refractivity contribution is 4.76. The lowest BCUT2D eigenvalue weighted by Crippen LogP contribution is -2.50. The molecule has 2 heterocycles. The van der Waals surface area contributed by atoms with Gasteiger partial charge in [-0.1, -0.05) is 0 Å². The molecule has 0 saturated carbocycles. The van der Waals surface area contributed by atoms with Crippen molar-refractivity contribution in [3.63, 3.8) is 0 Å². The monoisotopic (exact) mass is 229 g/mol. The summed E-state index contributed by atoms with van der Waals surface area (Å²) in [5, 5.41) is 3.45. The number of ether oxygens (including phenoxy) is 3. The first-order chi connectivity index (χ1) is 7.66. The highest BCUT2D eigenvalue weighted by Crippen LogP contribution is 2.17. The van der Waals surface area contributed by atoms with Gasteiger partial charge in [-0.25, -0.2) is 0 Å². The third-order valence-electron chi connectivity index (χ3n) is 3.17. The van der Waals surface area contributed by atoms with Gasteiger partial charge >= 0.3 is 0 Å². The van der Waals surface area contributed by atoms with E-state index >= 15 is 0 Å². The predicted octanol–water partition coefficient (Wildman–Crippen LogP) is 1.30. The van der Waals surface area contributed by atoms with E-state index in [0.29, 0.717) is 12.1 Å². The summed E-state index contributed by atoms with van der Waals surface area (Å²) in [6, 6.07) is 0.304. The van der Waals surface area contributed by atoms with Crippen molar-refractivity contribution in [1.82, 2.24) is 5.32 Å². The van der Waals surface area contributed by atoms with Crippen LogP contribution in [0.3, 0.4) is 0 Å². The van der Waals surface area contributed by atoms with Gasteiger partial charge in [0.15, 0.2) is 5.79 Å². The van der Waals surface area contributed by atoms with E-state index in [9.17, 15) is 0 Å². The molecule has 2 rings (SSSR count). The Morgan fingerprint density at radius 2 is 1.94 bits per heavy atom. The van der Waals surface area contributed by atoms with Crippen LogP contribution in [0.4, 0.5) is 0 Å². The van der Waals surface area contributed by atoms with E-state index < -0.39 is 5.79 Å². The molecule has 0 aromatic rings. The molecule has 1 N–H and O–H groups in total. The number of hydrogen-bond acceptors (Lipinski definition) is 4. The molecule has 4 nitrogen and oxygen atoms in total. The maximum absolute atomic E-state index is 5.67. The molecule has 2 fully saturated rings. The van der Waals surface area contributed by atoms with Crippen LogP contribution in [0.25, 0.3) is 0 Å². The van der Waals surface area contributed by atoms with Crippen molar-refractivity contribution in [2.24, 2.45) is 0 Å². The molecule has 0 radical (unpaired) electrons. The first kappa shape index (κ1) is 12.3. The molecular formula is C12H23NO3. The molecule has 2 saturated heterocycles. The highest BCUT2D eigenvalue weighted by atomic mass is 16.7. The Hall–Kier alpha value is -0.160. The molecule has 0 amide bonds. The van der Waals surface area contributed by atoms with Crippen LogP contribution in [0.2, 0.25) is 0 Å². The van der Waals surface area contributed by atoms with Gasteiger partial charge in [0.05, 0.1) is 25.4 Å². The smallest absolute Gasteiger partial charge is 0.162 e. The normalized spacial score (nSPS) is 31.5. The van der Waals surface area contributed by atoms with E-state index in [1.54, 1.807) is 0 Å². The Bertz CT molecular complexity index is 204. The van der Waals surface area contributed by atoms with Crippen LogP contribution < -0.4 is 5.32 Å². The first-order valence-electron chi connectivity index (χ1n) is 6.29. The second-order valence-corrected chi connectivity index (χ2v) is 5.12. The van der Waals surface area contributed by atoms with Crippen LogP contribution in [0.5, 0.6) is 0 Å². The van der Waals surface area contributed by atoms with Crippen LogP contribution >= 0.6 is 0 Å². The van der Waals surface area contributed by atoms with E-state index in [4.69, 9.17) is 14.2 Å². The molecule has 1 atom stereocenters. The SMILES string of the molecule is CC1(C)OCC(NCC2CCCCO2)CO1. The zero-order valence-corrected chi connectivity index (χ0v) is 10.3. The molecule has 2 aliphatic heterocycles. The third kappa shape index (κ3) is 3.70. The summed E-state index contributed by atoms with van der Waals surface area (Å²) in [4.78, 5) is 0. The van der Waals surface area contributed by atoms with Gasteiger partial charge in [-0.05, 0) is 33.1 Å². The fourth-order valence-corrected chi connectivity index (χ4v) is 2.08. The summed E-state index contributed by atoms with van der Waals surface area (Å²) >= 11 is 0. The quantitative estimate of drug-likeness (QED) is 0.792. The minimum Gasteiger partial charge on any atom is -0.377 e. The summed E-state index contributed by atoms with van der Waals surface area (Å²) in [5.41, 5.74) is 0. The van der Waals surface area contributed by atoms with Gasteiger partial charge < -0.3 is 19.5 Å². The molecular weight excluding hydrogens is 206 g/mol. The predicted molar refractivity (Wildman–Crippen MR) is 61.4 cm³/mol. The molecule has 0 aliphatic carbocycles. The minimum atomic E-state index is -0.417. The van der Waals surface area contributed by atoms with Crippen LogP contribution in [0.15, 0.2) is 0 Å². The Morgan fingerprint density at radius 1 is 1.19 bits per heavy atom. The van der Waals surface area contributed by atoms with Gasteiger partial charge in [-0.3, -0.25) is 0 Å². The first-order valence-corrected chi connectivity index (χ1v) is 6.29. The van der Waals surface area contributed by atoms with Gasteiger partial charge in [-0.2, -0.15) is 0 Å². The molecule has 0 bridgehead atoms. The van der Waals surface area contributed by atoms with Crippen molar-refractivity contribution in [1.29, 1.82) is 0 Å². The van der Waals surface area contributed by atoms with E-state index in [2.05, 4.69) is 5.32 Å². The molecule has 4 heteroatoms. The summed E-state index contributed by atoms with van der Waals surface area (Å²) in [5.74, 6) is -0.417. The van der Waals surface area contributed by atoms with Crippen molar-refractivity contribution < 1.29 is 14.2 Å². The lowest BCUT2D eigenvalue weighted by molar-refractivity contribution is -0.253. The number of rotatable bonds is 3. The van der Waals surface area contributed by atoms with E-state index in [1.165, 1.54) is 19.3 Å². The zero-order chi connectivity index (χ0) is 11.4. The molecule has 16 heavy (non-hydrogen) atoms. The standard InChI is InChI=1S/C12H23NO3/c1-12(2)15-8-10(9-16-12)13-7-11-5-3-4-6-14-11/h10-11,13H,3-9H2,1-2H3. The maximum atomic E-state index is 5.67. The fourth-order valence-electron chi connectivity index (χ4n) is 2.08. The van der Waals surface area contributed by atoms with Crippen molar-refractivity contribution >= 4 is 0 Å². The highest BCUT2D eigenvalue weighted by Gasteiger charge is 2.28. The van der Waals surface area contributed by atoms with Gasteiger partial charge in [-0.15, -0.1) is 0 Å². The second-order valence-electron chi connectivity index (χ2n) is 5.12. The van der Waals surface area contributed by atoms with Crippen LogP contribution in [-0.4, -0.2) is 44.3 Å². The largest absolute Gasteiger partial charge is 0.377 e. The molecule has 2 aliphatic rings. The Labute approximate surface area is 97.6 Å². The molecule has 1 unspecified atom stereocenters. The Morgan fingerprint density at radius 3 is 2.56 bits per heavy atom. The zero-order valence-electron chi connectivity index (χ0n) is 10.3. The Balaban J connectivity index is 1.63. The summed E-state index contributed by atoms with van der Waals surface area (Å²) in [6.45, 7) is 7.18. The topological polar surface area (TPSA) is 39.7 Å². The summed E-state index contributed by atoms with van der Waals surface area (Å²) in [7, 11) is 0. The lowest BCUT2D eigenvalue weighted by Gasteiger charge is -2.36. The van der Waals surface area contributed by atoms with E-state index in [1.807, 2.05) is 13.8 Å². The van der Waals surface area contributed by atoms with Crippen molar-refractivity contribution in [2.45, 2.75) is 51.0 Å². The molecule has 0 aromatic carbocycles. The minimum absolute atomic E-state index is 0.304. The van der Waals surface area contributed by atoms with Crippen LogP contribution in [-0.2, 0) is 14.2 Å². The summed E-state index contributed by atoms with van der Waals surface area (Å²) in [6.07, 6.45) is 4.05. The Kier molecular flexibility index (Phi) is 4.19. The van der Waals surface area contributed by atoms with Gasteiger partial charge in [0, 0.05) is 13.2 Å². The number of nitrogens with one attached hydrogen (secondary N) is 1. The third-order valence-corrected chi connectivity index (χ3v) is 3.17. The van der Waals surface area contributed by atoms with Crippen molar-refractivity contribution in [2.75, 3.05) is 26.4 Å². The van der Waals surface area contributed by atoms with Gasteiger partial charge in [0.25, 0.3) is 0 Å². The molecule has 0 spiro atoms. The average Bonchev–Trinajstić information content (AvgIpc) is 2.29. The summed E-state index contributed by atoms with van der Waals surface area (Å²) < 4.78 is 16.9. The average molecular weight is 229 g/mol. The van der Waals surface area contributed by atoms with Gasteiger partial charge in [0.1, 0.15) is 0 Å². The second kappa shape index (κ2) is 5.45. The van der Waals surface area contributed by atoms with Gasteiger partial charge in [0.2, 0.25) is 0 Å². The number of hydrogen-bond donors (Lipinski definition) is 1. The fraction of sp³-hybridized carbons (Fsp3) is 1.00. The van der Waals surface area contributed by atoms with Crippen molar-refractivity contribution in [3.05, 3.63) is 0 Å². The molecule has 0 aromatic heterocycles. The van der Waals surface area contributed by atoms with Crippen LogP contribution in [0, 0.1) is 0 Å². The van der Waals surface area contributed by atoms with Crippen molar-refractivity contribution in [3.8, 4) is 0 Å². The maximum Gasteiger partial charge on any atom is 0.162 e. The van der Waals surface area contributed by atoms with E-state index in [-0.39, 0.29) is 0 Å². The lowest BCUT2D eigenvalue weighted by atomic mass is 10.1. The van der Waals surface area contributed by atoms with E-state index in [0.717, 1.165) is 26.4 Å². The molecule has 94 valence electrons.